The summed E-state index contributed by atoms with van der Waals surface area (Å²) in [6.07, 6.45) is 0.421. The van der Waals surface area contributed by atoms with Crippen LogP contribution in [0.1, 0.15) is 24.4 Å². The van der Waals surface area contributed by atoms with Gasteiger partial charge in [0.2, 0.25) is 6.54 Å². The lowest BCUT2D eigenvalue weighted by Crippen LogP contribution is -2.44. The van der Waals surface area contributed by atoms with Crippen LogP contribution in [0.2, 0.25) is 0 Å². The summed E-state index contributed by atoms with van der Waals surface area (Å²) in [6.45, 7) is 9.98. The van der Waals surface area contributed by atoms with Crippen molar-refractivity contribution in [2.24, 2.45) is 5.92 Å². The van der Waals surface area contributed by atoms with E-state index in [0.717, 1.165) is 18.9 Å². The zero-order chi connectivity index (χ0) is 21.6. The third-order valence-electron chi connectivity index (χ3n) is 5.96. The average molecular weight is 418 g/mol. The summed E-state index contributed by atoms with van der Waals surface area (Å²) in [5.74, 6) is 4.67. The van der Waals surface area contributed by atoms with Crippen molar-refractivity contribution in [2.75, 3.05) is 43.5 Å². The van der Waals surface area contributed by atoms with Crippen LogP contribution in [0.3, 0.4) is 0 Å². The van der Waals surface area contributed by atoms with Crippen LogP contribution in [0.4, 0.5) is 14.5 Å². The molecule has 0 spiro atoms. The molecule has 0 bridgehead atoms. The SMILES string of the molecule is [C-]#[N+]CCNC[C@H]1CN(c2c(F)cc3c(=O)n(N)c(=O)n(C4CC4)c3c2C)C[C@@H]1F. The van der Waals surface area contributed by atoms with Gasteiger partial charge in [-0.25, -0.2) is 20.1 Å². The zero-order valence-corrected chi connectivity index (χ0v) is 16.7. The molecule has 160 valence electrons. The third kappa shape index (κ3) is 3.33. The molecule has 1 aliphatic carbocycles. The van der Waals surface area contributed by atoms with Crippen LogP contribution >= 0.6 is 0 Å². The van der Waals surface area contributed by atoms with E-state index in [-0.39, 0.29) is 29.6 Å². The number of hydrogen-bond donors (Lipinski definition) is 2. The lowest BCUT2D eigenvalue weighted by Gasteiger charge is -2.24. The molecule has 1 aromatic heterocycles. The molecule has 1 aliphatic heterocycles. The highest BCUT2D eigenvalue weighted by molar-refractivity contribution is 5.87. The second-order valence-electron chi connectivity index (χ2n) is 8.05. The number of aryl methyl sites for hydroxylation is 1. The molecular weight excluding hydrogens is 394 g/mol. The topological polar surface area (TPSA) is 89.7 Å². The van der Waals surface area contributed by atoms with Gasteiger partial charge in [-0.2, -0.15) is 4.68 Å². The lowest BCUT2D eigenvalue weighted by molar-refractivity contribution is 0.278. The van der Waals surface area contributed by atoms with E-state index in [9.17, 15) is 14.0 Å². The highest BCUT2D eigenvalue weighted by Crippen LogP contribution is 2.39. The van der Waals surface area contributed by atoms with Crippen molar-refractivity contribution < 1.29 is 8.78 Å². The third-order valence-corrected chi connectivity index (χ3v) is 5.96. The van der Waals surface area contributed by atoms with Gasteiger partial charge in [0.25, 0.3) is 5.56 Å². The molecule has 1 saturated carbocycles. The number of nitrogens with two attached hydrogens (primary N) is 1. The summed E-state index contributed by atoms with van der Waals surface area (Å²) in [5, 5.41) is 3.12. The molecular formula is C20H24F2N6O2. The summed E-state index contributed by atoms with van der Waals surface area (Å²) in [6, 6.07) is 1.04. The molecule has 1 saturated heterocycles. The highest BCUT2D eigenvalue weighted by atomic mass is 19.1. The van der Waals surface area contributed by atoms with Gasteiger partial charge in [-0.3, -0.25) is 9.36 Å². The minimum Gasteiger partial charge on any atom is -0.366 e. The first-order valence-electron chi connectivity index (χ1n) is 10.0. The van der Waals surface area contributed by atoms with Gasteiger partial charge in [0.15, 0.2) is 0 Å². The number of halogens is 2. The predicted molar refractivity (Wildman–Crippen MR) is 111 cm³/mol. The maximum atomic E-state index is 15.1. The molecule has 2 heterocycles. The van der Waals surface area contributed by atoms with Crippen molar-refractivity contribution in [1.82, 2.24) is 14.6 Å². The largest absolute Gasteiger partial charge is 0.366 e. The van der Waals surface area contributed by atoms with Crippen molar-refractivity contribution in [2.45, 2.75) is 32.0 Å². The molecule has 30 heavy (non-hydrogen) atoms. The Morgan fingerprint density at radius 3 is 2.73 bits per heavy atom. The number of hydrogen-bond acceptors (Lipinski definition) is 5. The molecule has 2 atom stereocenters. The van der Waals surface area contributed by atoms with E-state index in [2.05, 4.69) is 10.2 Å². The van der Waals surface area contributed by atoms with Crippen molar-refractivity contribution in [3.8, 4) is 0 Å². The van der Waals surface area contributed by atoms with E-state index in [1.165, 1.54) is 4.57 Å². The number of alkyl halides is 1. The first-order valence-corrected chi connectivity index (χ1v) is 10.0. The van der Waals surface area contributed by atoms with Crippen molar-refractivity contribution in [3.05, 3.63) is 49.7 Å². The van der Waals surface area contributed by atoms with Gasteiger partial charge in [0.1, 0.15) is 12.0 Å². The average Bonchev–Trinajstić information content (AvgIpc) is 3.48. The van der Waals surface area contributed by atoms with Gasteiger partial charge in [-0.1, -0.05) is 0 Å². The van der Waals surface area contributed by atoms with Gasteiger partial charge >= 0.3 is 5.69 Å². The Morgan fingerprint density at radius 1 is 1.33 bits per heavy atom. The van der Waals surface area contributed by atoms with Crippen molar-refractivity contribution in [3.63, 3.8) is 0 Å². The normalized spacial score (nSPS) is 21.3. The Labute approximate surface area is 171 Å². The minimum atomic E-state index is -1.15. The molecule has 4 rings (SSSR count). The highest BCUT2D eigenvalue weighted by Gasteiger charge is 2.36. The fourth-order valence-electron chi connectivity index (χ4n) is 4.35. The van der Waals surface area contributed by atoms with Crippen LogP contribution in [0.25, 0.3) is 15.7 Å². The number of nitrogen functional groups attached to an aromatic ring is 1. The maximum Gasteiger partial charge on any atom is 0.350 e. The van der Waals surface area contributed by atoms with Crippen molar-refractivity contribution >= 4 is 16.6 Å². The van der Waals surface area contributed by atoms with E-state index < -0.39 is 23.2 Å². The first-order chi connectivity index (χ1) is 14.3. The Bertz CT molecular complexity index is 1150. The molecule has 0 unspecified atom stereocenters. The first kappa shape index (κ1) is 20.3. The summed E-state index contributed by atoms with van der Waals surface area (Å²) in [4.78, 5) is 30.0. The quantitative estimate of drug-likeness (QED) is 0.414. The van der Waals surface area contributed by atoms with E-state index in [1.54, 1.807) is 11.8 Å². The maximum absolute atomic E-state index is 15.1. The zero-order valence-electron chi connectivity index (χ0n) is 16.7. The Kier molecular flexibility index (Phi) is 5.24. The fourth-order valence-corrected chi connectivity index (χ4v) is 4.35. The summed E-state index contributed by atoms with van der Waals surface area (Å²) >= 11 is 0. The second kappa shape index (κ2) is 7.72. The molecule has 8 nitrogen and oxygen atoms in total. The molecule has 10 heteroatoms. The number of benzene rings is 1. The standard InChI is InChI=1S/C20H24F2N6O2/c1-11-17-14(19(29)28(23)20(30)27(17)13-3-4-13)7-15(21)18(11)26-9-12(16(22)10-26)8-25-6-5-24-2/h7,12-13,16,25H,3-6,8-10,23H2,1H3/t12-,16-/m0/s1. The van der Waals surface area contributed by atoms with E-state index in [0.29, 0.717) is 41.9 Å². The number of nitrogens with one attached hydrogen (secondary N) is 1. The van der Waals surface area contributed by atoms with Gasteiger partial charge in [0.05, 0.1) is 23.1 Å². The summed E-state index contributed by atoms with van der Waals surface area (Å²) < 4.78 is 31.7. The molecule has 2 aromatic rings. The van der Waals surface area contributed by atoms with E-state index in [1.807, 2.05) is 0 Å². The second-order valence-corrected chi connectivity index (χ2v) is 8.05. The molecule has 2 aliphatic rings. The Hall–Kier alpha value is -2.93. The monoisotopic (exact) mass is 418 g/mol. The summed E-state index contributed by atoms with van der Waals surface area (Å²) in [7, 11) is 0. The summed E-state index contributed by atoms with van der Waals surface area (Å²) in [5.41, 5.74) is -0.327. The van der Waals surface area contributed by atoms with Gasteiger partial charge < -0.3 is 20.9 Å². The number of nitrogens with zero attached hydrogens (tertiary/aromatic N) is 4. The molecule has 0 amide bonds. The molecule has 3 N–H and O–H groups in total. The number of rotatable bonds is 6. The van der Waals surface area contributed by atoms with Crippen LogP contribution < -0.4 is 27.3 Å². The Balaban J connectivity index is 1.75. The number of fused-ring (bicyclic) bond motifs is 1. The van der Waals surface area contributed by atoms with Gasteiger partial charge in [-0.15, -0.1) is 0 Å². The fraction of sp³-hybridized carbons (Fsp3) is 0.550. The van der Waals surface area contributed by atoms with Crippen LogP contribution in [-0.2, 0) is 0 Å². The van der Waals surface area contributed by atoms with E-state index >= 15 is 4.39 Å². The predicted octanol–water partition coefficient (Wildman–Crippen LogP) is 0.943. The molecule has 2 fully saturated rings. The number of aromatic nitrogens is 2. The minimum absolute atomic E-state index is 0.0278. The molecule has 1 aromatic carbocycles. The van der Waals surface area contributed by atoms with Crippen LogP contribution in [0.15, 0.2) is 15.7 Å². The smallest absolute Gasteiger partial charge is 0.350 e. The molecule has 0 radical (unpaired) electrons. The van der Waals surface area contributed by atoms with Crippen LogP contribution in [-0.4, -0.2) is 48.1 Å². The lowest BCUT2D eigenvalue weighted by atomic mass is 10.1. The van der Waals surface area contributed by atoms with Gasteiger partial charge in [0, 0.05) is 37.2 Å². The van der Waals surface area contributed by atoms with Crippen LogP contribution in [0, 0.1) is 25.2 Å². The number of anilines is 1. The van der Waals surface area contributed by atoms with E-state index in [4.69, 9.17) is 12.4 Å². The van der Waals surface area contributed by atoms with Gasteiger partial charge in [-0.05, 0) is 25.8 Å². The Morgan fingerprint density at radius 2 is 2.07 bits per heavy atom. The van der Waals surface area contributed by atoms with Crippen molar-refractivity contribution in [1.29, 1.82) is 0 Å². The van der Waals surface area contributed by atoms with Crippen LogP contribution in [0.5, 0.6) is 0 Å².